The van der Waals surface area contributed by atoms with E-state index in [9.17, 15) is 18.8 Å². The van der Waals surface area contributed by atoms with Crippen LogP contribution in [0.4, 0.5) is 14.9 Å². The lowest BCUT2D eigenvalue weighted by Gasteiger charge is -2.26. The Balaban J connectivity index is 1.76. The number of rotatable bonds is 3. The first kappa shape index (κ1) is 17.4. The van der Waals surface area contributed by atoms with Gasteiger partial charge in [0.15, 0.2) is 0 Å². The first-order chi connectivity index (χ1) is 13.5. The van der Waals surface area contributed by atoms with Crippen molar-refractivity contribution in [2.24, 2.45) is 0 Å². The molecule has 2 heterocycles. The second kappa shape index (κ2) is 6.96. The maximum Gasteiger partial charge on any atom is 0.335 e. The number of amides is 4. The molecule has 2 aromatic carbocycles. The van der Waals surface area contributed by atoms with E-state index in [1.807, 2.05) is 30.3 Å². The van der Waals surface area contributed by atoms with Crippen LogP contribution in [0, 0.1) is 5.82 Å². The molecule has 0 unspecified atom stereocenters. The second-order valence-corrected chi connectivity index (χ2v) is 6.08. The molecule has 0 radical (unpaired) electrons. The first-order valence-corrected chi connectivity index (χ1v) is 8.44. The van der Waals surface area contributed by atoms with Crippen molar-refractivity contribution in [2.45, 2.75) is 0 Å². The fourth-order valence-corrected chi connectivity index (χ4v) is 2.99. The van der Waals surface area contributed by atoms with Crippen molar-refractivity contribution in [1.29, 1.82) is 0 Å². The molecule has 138 valence electrons. The van der Waals surface area contributed by atoms with Crippen molar-refractivity contribution >= 4 is 29.6 Å². The number of anilines is 1. The number of carbonyl (C=O) groups excluding carboxylic acids is 3. The van der Waals surface area contributed by atoms with Gasteiger partial charge in [-0.1, -0.05) is 24.3 Å². The van der Waals surface area contributed by atoms with Gasteiger partial charge in [0.1, 0.15) is 11.4 Å². The van der Waals surface area contributed by atoms with Crippen LogP contribution in [0.3, 0.4) is 0 Å². The fourth-order valence-electron chi connectivity index (χ4n) is 2.99. The van der Waals surface area contributed by atoms with Gasteiger partial charge in [-0.05, 0) is 48.5 Å². The number of urea groups is 1. The molecule has 1 aliphatic heterocycles. The number of halogens is 1. The Morgan fingerprint density at radius 1 is 0.857 bits per heavy atom. The van der Waals surface area contributed by atoms with E-state index in [0.29, 0.717) is 5.69 Å². The Labute approximate surface area is 159 Å². The van der Waals surface area contributed by atoms with Crippen molar-refractivity contribution in [3.63, 3.8) is 0 Å². The first-order valence-electron chi connectivity index (χ1n) is 8.44. The Kier molecular flexibility index (Phi) is 4.33. The van der Waals surface area contributed by atoms with E-state index in [4.69, 9.17) is 0 Å². The smallest absolute Gasteiger partial charge is 0.317 e. The molecule has 4 rings (SSSR count). The number of carbonyl (C=O) groups is 3. The van der Waals surface area contributed by atoms with E-state index in [1.165, 1.54) is 24.3 Å². The van der Waals surface area contributed by atoms with Gasteiger partial charge in [0.2, 0.25) is 0 Å². The molecule has 1 fully saturated rings. The lowest BCUT2D eigenvalue weighted by Crippen LogP contribution is -2.54. The topological polar surface area (TPSA) is 71.4 Å². The maximum absolute atomic E-state index is 13.5. The highest BCUT2D eigenvalue weighted by Crippen LogP contribution is 2.23. The minimum Gasteiger partial charge on any atom is -0.317 e. The summed E-state index contributed by atoms with van der Waals surface area (Å²) in [6, 6.07) is 17.0. The Hall–Kier alpha value is -4.00. The normalized spacial score (nSPS) is 15.8. The second-order valence-electron chi connectivity index (χ2n) is 6.08. The van der Waals surface area contributed by atoms with E-state index in [1.54, 1.807) is 22.9 Å². The van der Waals surface area contributed by atoms with Gasteiger partial charge in [0.25, 0.3) is 11.8 Å². The summed E-state index contributed by atoms with van der Waals surface area (Å²) in [7, 11) is 0. The highest BCUT2D eigenvalue weighted by molar-refractivity contribution is 6.39. The van der Waals surface area contributed by atoms with E-state index in [0.717, 1.165) is 16.7 Å². The van der Waals surface area contributed by atoms with Gasteiger partial charge in [-0.3, -0.25) is 14.9 Å². The zero-order valence-corrected chi connectivity index (χ0v) is 14.5. The predicted molar refractivity (Wildman–Crippen MR) is 101 cm³/mol. The number of para-hydroxylation sites is 1. The molecule has 0 bridgehead atoms. The van der Waals surface area contributed by atoms with Crippen molar-refractivity contribution in [1.82, 2.24) is 9.88 Å². The fraction of sp³-hybridized carbons (Fsp3) is 0. The molecule has 0 atom stereocenters. The number of hydrogen-bond donors (Lipinski definition) is 1. The van der Waals surface area contributed by atoms with Gasteiger partial charge < -0.3 is 4.57 Å². The number of benzene rings is 2. The van der Waals surface area contributed by atoms with Crippen molar-refractivity contribution in [2.75, 3.05) is 4.90 Å². The zero-order chi connectivity index (χ0) is 19.7. The summed E-state index contributed by atoms with van der Waals surface area (Å²) in [6.45, 7) is 0. The van der Waals surface area contributed by atoms with Crippen LogP contribution in [0.25, 0.3) is 11.8 Å². The molecule has 1 N–H and O–H groups in total. The molecule has 0 aliphatic carbocycles. The molecular formula is C21H14FN3O3. The molecule has 1 aliphatic rings. The van der Waals surface area contributed by atoms with Gasteiger partial charge in [-0.2, -0.15) is 0 Å². The molecule has 0 saturated carbocycles. The van der Waals surface area contributed by atoms with Gasteiger partial charge in [-0.15, -0.1) is 0 Å². The van der Waals surface area contributed by atoms with Crippen molar-refractivity contribution in [3.8, 4) is 5.69 Å². The van der Waals surface area contributed by atoms with Gasteiger partial charge >= 0.3 is 6.03 Å². The number of nitrogens with one attached hydrogen (secondary N) is 1. The summed E-state index contributed by atoms with van der Waals surface area (Å²) in [4.78, 5) is 38.1. The lowest BCUT2D eigenvalue weighted by molar-refractivity contribution is -0.122. The Morgan fingerprint density at radius 2 is 1.61 bits per heavy atom. The molecular weight excluding hydrogens is 361 g/mol. The van der Waals surface area contributed by atoms with Crippen LogP contribution in [0.15, 0.2) is 78.5 Å². The van der Waals surface area contributed by atoms with Crippen LogP contribution in [0.2, 0.25) is 0 Å². The van der Waals surface area contributed by atoms with E-state index in [2.05, 4.69) is 5.32 Å². The number of imide groups is 2. The summed E-state index contributed by atoms with van der Waals surface area (Å²) in [5.41, 5.74) is 1.25. The molecule has 4 amide bonds. The van der Waals surface area contributed by atoms with Gasteiger partial charge in [0.05, 0.1) is 5.69 Å². The van der Waals surface area contributed by atoms with Crippen LogP contribution >= 0.6 is 0 Å². The SMILES string of the molecule is O=C1NC(=O)N(c2cccc(F)c2)C(=O)C1=Cc1cccn1-c1ccccc1. The highest BCUT2D eigenvalue weighted by Gasteiger charge is 2.37. The van der Waals surface area contributed by atoms with Crippen LogP contribution in [-0.4, -0.2) is 22.4 Å². The van der Waals surface area contributed by atoms with Gasteiger partial charge in [-0.25, -0.2) is 14.1 Å². The Morgan fingerprint density at radius 3 is 2.36 bits per heavy atom. The monoisotopic (exact) mass is 375 g/mol. The molecule has 3 aromatic rings. The predicted octanol–water partition coefficient (Wildman–Crippen LogP) is 3.28. The zero-order valence-electron chi connectivity index (χ0n) is 14.5. The standard InChI is InChI=1S/C21H14FN3O3/c22-14-6-4-9-17(12-14)25-20(27)18(19(26)23-21(25)28)13-16-10-5-11-24(16)15-7-2-1-3-8-15/h1-13H,(H,23,26,28). The third-order valence-electron chi connectivity index (χ3n) is 4.27. The summed E-state index contributed by atoms with van der Waals surface area (Å²) < 4.78 is 15.3. The minimum atomic E-state index is -0.920. The molecule has 6 nitrogen and oxygen atoms in total. The average Bonchev–Trinajstić information content (AvgIpc) is 3.14. The van der Waals surface area contributed by atoms with E-state index >= 15 is 0 Å². The van der Waals surface area contributed by atoms with Crippen LogP contribution < -0.4 is 10.2 Å². The summed E-state index contributed by atoms with van der Waals surface area (Å²) >= 11 is 0. The van der Waals surface area contributed by atoms with E-state index < -0.39 is 23.7 Å². The van der Waals surface area contributed by atoms with Gasteiger partial charge in [0, 0.05) is 17.6 Å². The maximum atomic E-state index is 13.5. The molecule has 1 aromatic heterocycles. The van der Waals surface area contributed by atoms with Crippen molar-refractivity contribution in [3.05, 3.63) is 90.0 Å². The Bertz CT molecular complexity index is 1120. The molecule has 28 heavy (non-hydrogen) atoms. The van der Waals surface area contributed by atoms with Crippen LogP contribution in [0.1, 0.15) is 5.69 Å². The lowest BCUT2D eigenvalue weighted by atomic mass is 10.1. The van der Waals surface area contributed by atoms with E-state index in [-0.39, 0.29) is 11.3 Å². The summed E-state index contributed by atoms with van der Waals surface area (Å²) in [5, 5.41) is 2.13. The van der Waals surface area contributed by atoms with Crippen LogP contribution in [0.5, 0.6) is 0 Å². The third-order valence-corrected chi connectivity index (χ3v) is 4.27. The number of barbiturate groups is 1. The third kappa shape index (κ3) is 3.09. The summed E-state index contributed by atoms with van der Waals surface area (Å²) in [5.74, 6) is -2.22. The highest BCUT2D eigenvalue weighted by atomic mass is 19.1. The molecule has 7 heteroatoms. The number of aromatic nitrogens is 1. The molecule has 1 saturated heterocycles. The van der Waals surface area contributed by atoms with Crippen molar-refractivity contribution < 1.29 is 18.8 Å². The summed E-state index contributed by atoms with van der Waals surface area (Å²) in [6.07, 6.45) is 3.20. The number of hydrogen-bond acceptors (Lipinski definition) is 3. The molecule has 0 spiro atoms. The van der Waals surface area contributed by atoms with Crippen LogP contribution in [-0.2, 0) is 9.59 Å². The minimum absolute atomic E-state index is 0.0411. The average molecular weight is 375 g/mol. The largest absolute Gasteiger partial charge is 0.335 e. The number of nitrogens with zero attached hydrogens (tertiary/aromatic N) is 2. The quantitative estimate of drug-likeness (QED) is 0.564.